The summed E-state index contributed by atoms with van der Waals surface area (Å²) < 4.78 is 5.29. The molecule has 1 atom stereocenters. The van der Waals surface area contributed by atoms with Gasteiger partial charge in [-0.2, -0.15) is 0 Å². The highest BCUT2D eigenvalue weighted by Gasteiger charge is 2.30. The third kappa shape index (κ3) is 4.10. The highest BCUT2D eigenvalue weighted by atomic mass is 16.5. The molecular formula is C12H24N2O2. The molecule has 0 spiro atoms. The minimum absolute atomic E-state index is 0.0159. The van der Waals surface area contributed by atoms with Gasteiger partial charge in [0.1, 0.15) is 0 Å². The minimum Gasteiger partial charge on any atom is -0.381 e. The number of amides is 1. The number of carbonyl (C=O) groups is 1. The van der Waals surface area contributed by atoms with Crippen molar-refractivity contribution in [3.63, 3.8) is 0 Å². The molecule has 4 nitrogen and oxygen atoms in total. The van der Waals surface area contributed by atoms with Crippen LogP contribution >= 0.6 is 0 Å². The Balaban J connectivity index is 2.36. The molecule has 1 amide bonds. The summed E-state index contributed by atoms with van der Waals surface area (Å²) in [7, 11) is 0. The van der Waals surface area contributed by atoms with Crippen molar-refractivity contribution in [1.29, 1.82) is 0 Å². The van der Waals surface area contributed by atoms with Crippen molar-refractivity contribution in [1.82, 2.24) is 5.32 Å². The normalized spacial score (nSPS) is 21.4. The molecule has 0 radical (unpaired) electrons. The fourth-order valence-corrected chi connectivity index (χ4v) is 1.89. The highest BCUT2D eigenvalue weighted by molar-refractivity contribution is 5.82. The van der Waals surface area contributed by atoms with Crippen molar-refractivity contribution in [2.24, 2.45) is 5.73 Å². The van der Waals surface area contributed by atoms with Gasteiger partial charge in [0, 0.05) is 18.8 Å². The van der Waals surface area contributed by atoms with E-state index < -0.39 is 0 Å². The fourth-order valence-electron chi connectivity index (χ4n) is 1.89. The molecule has 0 aromatic rings. The lowest BCUT2D eigenvalue weighted by atomic mass is 9.92. The van der Waals surface area contributed by atoms with Crippen LogP contribution in [0.4, 0.5) is 0 Å². The summed E-state index contributed by atoms with van der Waals surface area (Å²) in [5.41, 5.74) is 5.71. The Kier molecular flexibility index (Phi) is 5.22. The van der Waals surface area contributed by atoms with Crippen molar-refractivity contribution >= 4 is 5.91 Å². The molecule has 1 heterocycles. The molecule has 94 valence electrons. The molecule has 1 unspecified atom stereocenters. The summed E-state index contributed by atoms with van der Waals surface area (Å²) in [6, 6.07) is -0.361. The van der Waals surface area contributed by atoms with Gasteiger partial charge in [0.25, 0.3) is 0 Å². The van der Waals surface area contributed by atoms with Crippen molar-refractivity contribution in [2.45, 2.75) is 57.5 Å². The maximum Gasteiger partial charge on any atom is 0.237 e. The molecule has 1 fully saturated rings. The summed E-state index contributed by atoms with van der Waals surface area (Å²) in [6.45, 7) is 5.62. The summed E-state index contributed by atoms with van der Waals surface area (Å²) in [4.78, 5) is 11.8. The van der Waals surface area contributed by atoms with Crippen LogP contribution in [0.5, 0.6) is 0 Å². The molecule has 1 aliphatic heterocycles. The second kappa shape index (κ2) is 6.21. The number of unbranched alkanes of at least 4 members (excludes halogenated alkanes) is 1. The lowest BCUT2D eigenvalue weighted by Gasteiger charge is -2.35. The topological polar surface area (TPSA) is 64.4 Å². The number of ether oxygens (including phenoxy) is 1. The first-order chi connectivity index (χ1) is 7.57. The number of rotatable bonds is 5. The quantitative estimate of drug-likeness (QED) is 0.743. The van der Waals surface area contributed by atoms with Crippen LogP contribution in [-0.4, -0.2) is 30.7 Å². The van der Waals surface area contributed by atoms with E-state index in [0.717, 1.165) is 45.3 Å². The van der Waals surface area contributed by atoms with Gasteiger partial charge in [-0.15, -0.1) is 0 Å². The summed E-state index contributed by atoms with van der Waals surface area (Å²) in [5, 5.41) is 3.06. The van der Waals surface area contributed by atoms with Crippen molar-refractivity contribution < 1.29 is 9.53 Å². The van der Waals surface area contributed by atoms with Crippen LogP contribution < -0.4 is 11.1 Å². The van der Waals surface area contributed by atoms with Crippen LogP contribution in [0.2, 0.25) is 0 Å². The van der Waals surface area contributed by atoms with Gasteiger partial charge < -0.3 is 15.8 Å². The number of carbonyl (C=O) groups excluding carboxylic acids is 1. The summed E-state index contributed by atoms with van der Waals surface area (Å²) >= 11 is 0. The van der Waals surface area contributed by atoms with Crippen LogP contribution in [0.3, 0.4) is 0 Å². The summed E-state index contributed by atoms with van der Waals surface area (Å²) in [5.74, 6) is -0.0159. The number of nitrogens with two attached hydrogens (primary N) is 1. The Morgan fingerprint density at radius 3 is 2.69 bits per heavy atom. The first kappa shape index (κ1) is 13.5. The Hall–Kier alpha value is -0.610. The van der Waals surface area contributed by atoms with Gasteiger partial charge in [0.05, 0.1) is 6.04 Å². The van der Waals surface area contributed by atoms with Crippen LogP contribution in [0.25, 0.3) is 0 Å². The van der Waals surface area contributed by atoms with E-state index in [2.05, 4.69) is 19.2 Å². The van der Waals surface area contributed by atoms with Gasteiger partial charge in [-0.25, -0.2) is 0 Å². The number of nitrogens with one attached hydrogen (secondary N) is 1. The maximum atomic E-state index is 11.8. The summed E-state index contributed by atoms with van der Waals surface area (Å²) in [6.07, 6.45) is 4.61. The molecule has 1 rings (SSSR count). The van der Waals surface area contributed by atoms with Crippen LogP contribution in [0.1, 0.15) is 46.0 Å². The highest BCUT2D eigenvalue weighted by Crippen LogP contribution is 2.19. The SMILES string of the molecule is CCCCC(N)C(=O)NC1(C)CCOCC1. The first-order valence-electron chi connectivity index (χ1n) is 6.23. The van der Waals surface area contributed by atoms with E-state index in [1.54, 1.807) is 0 Å². The largest absolute Gasteiger partial charge is 0.381 e. The van der Waals surface area contributed by atoms with E-state index in [0.29, 0.717) is 0 Å². The number of hydrogen-bond acceptors (Lipinski definition) is 3. The van der Waals surface area contributed by atoms with Crippen LogP contribution in [-0.2, 0) is 9.53 Å². The van der Waals surface area contributed by atoms with E-state index in [9.17, 15) is 4.79 Å². The standard InChI is InChI=1S/C12H24N2O2/c1-3-4-5-10(13)11(15)14-12(2)6-8-16-9-7-12/h10H,3-9,13H2,1-2H3,(H,14,15). The molecule has 4 heteroatoms. The van der Waals surface area contributed by atoms with E-state index in [4.69, 9.17) is 10.5 Å². The molecule has 16 heavy (non-hydrogen) atoms. The zero-order chi connectivity index (χ0) is 12.0. The van der Waals surface area contributed by atoms with Crippen LogP contribution in [0, 0.1) is 0 Å². The van der Waals surface area contributed by atoms with E-state index >= 15 is 0 Å². The Morgan fingerprint density at radius 1 is 1.50 bits per heavy atom. The monoisotopic (exact) mass is 228 g/mol. The molecular weight excluding hydrogens is 204 g/mol. The molecule has 0 aromatic heterocycles. The minimum atomic E-state index is -0.361. The maximum absolute atomic E-state index is 11.8. The third-order valence-corrected chi connectivity index (χ3v) is 3.23. The lowest BCUT2D eigenvalue weighted by molar-refractivity contribution is -0.125. The second-order valence-corrected chi connectivity index (χ2v) is 4.91. The van der Waals surface area contributed by atoms with E-state index in [1.807, 2.05) is 0 Å². The predicted molar refractivity (Wildman–Crippen MR) is 64.1 cm³/mol. The van der Waals surface area contributed by atoms with Gasteiger partial charge >= 0.3 is 0 Å². The van der Waals surface area contributed by atoms with Gasteiger partial charge in [-0.05, 0) is 26.2 Å². The molecule has 0 aromatic carbocycles. The van der Waals surface area contributed by atoms with Gasteiger partial charge in [-0.3, -0.25) is 4.79 Å². The molecule has 0 saturated carbocycles. The van der Waals surface area contributed by atoms with E-state index in [1.165, 1.54) is 0 Å². The zero-order valence-electron chi connectivity index (χ0n) is 10.4. The fraction of sp³-hybridized carbons (Fsp3) is 0.917. The second-order valence-electron chi connectivity index (χ2n) is 4.91. The van der Waals surface area contributed by atoms with Crippen molar-refractivity contribution in [3.05, 3.63) is 0 Å². The zero-order valence-corrected chi connectivity index (χ0v) is 10.4. The van der Waals surface area contributed by atoms with Crippen molar-refractivity contribution in [2.75, 3.05) is 13.2 Å². The van der Waals surface area contributed by atoms with Gasteiger partial charge in [0.2, 0.25) is 5.91 Å². The van der Waals surface area contributed by atoms with Gasteiger partial charge in [-0.1, -0.05) is 19.8 Å². The molecule has 3 N–H and O–H groups in total. The average molecular weight is 228 g/mol. The predicted octanol–water partition coefficient (Wildman–Crippen LogP) is 1.19. The number of hydrogen-bond donors (Lipinski definition) is 2. The molecule has 1 aliphatic rings. The van der Waals surface area contributed by atoms with E-state index in [-0.39, 0.29) is 17.5 Å². The Labute approximate surface area is 97.9 Å². The third-order valence-electron chi connectivity index (χ3n) is 3.23. The lowest BCUT2D eigenvalue weighted by Crippen LogP contribution is -2.54. The van der Waals surface area contributed by atoms with Crippen LogP contribution in [0.15, 0.2) is 0 Å². The molecule has 0 bridgehead atoms. The van der Waals surface area contributed by atoms with Gasteiger partial charge in [0.15, 0.2) is 0 Å². The molecule has 0 aliphatic carbocycles. The average Bonchev–Trinajstić information content (AvgIpc) is 2.26. The Bertz CT molecular complexity index is 225. The molecule has 1 saturated heterocycles. The first-order valence-corrected chi connectivity index (χ1v) is 6.23. The smallest absolute Gasteiger partial charge is 0.237 e. The Morgan fingerprint density at radius 2 is 2.12 bits per heavy atom. The van der Waals surface area contributed by atoms with Crippen molar-refractivity contribution in [3.8, 4) is 0 Å².